The predicted octanol–water partition coefficient (Wildman–Crippen LogP) is 5.51. The average Bonchev–Trinajstić information content (AvgIpc) is 3.33. The Kier molecular flexibility index (Phi) is 4.82. The Morgan fingerprint density at radius 2 is 1.92 bits per heavy atom. The zero-order chi connectivity index (χ0) is 17.2. The van der Waals surface area contributed by atoms with E-state index in [-0.39, 0.29) is 0 Å². The van der Waals surface area contributed by atoms with Crippen molar-refractivity contribution in [1.29, 1.82) is 0 Å². The zero-order valence-electron chi connectivity index (χ0n) is 14.1. The Hall–Kier alpha value is -1.78. The quantitative estimate of drug-likeness (QED) is 0.536. The van der Waals surface area contributed by atoms with Crippen molar-refractivity contribution in [3.63, 3.8) is 0 Å². The Morgan fingerprint density at radius 3 is 2.68 bits per heavy atom. The van der Waals surface area contributed by atoms with E-state index in [4.69, 9.17) is 11.6 Å². The summed E-state index contributed by atoms with van der Waals surface area (Å²) in [4.78, 5) is 0. The van der Waals surface area contributed by atoms with Crippen LogP contribution in [-0.4, -0.2) is 14.8 Å². The third-order valence-corrected chi connectivity index (χ3v) is 5.94. The van der Waals surface area contributed by atoms with Gasteiger partial charge >= 0.3 is 0 Å². The maximum absolute atomic E-state index is 6.07. The first-order valence-electron chi connectivity index (χ1n) is 8.61. The molecule has 1 saturated carbocycles. The second kappa shape index (κ2) is 7.22. The number of aromatic nitrogens is 3. The molecular weight excluding hydrogens is 350 g/mol. The van der Waals surface area contributed by atoms with Crippen molar-refractivity contribution in [2.75, 3.05) is 0 Å². The molecule has 0 aliphatic heterocycles. The molecule has 1 aliphatic rings. The lowest BCUT2D eigenvalue weighted by molar-refractivity contribution is 0.640. The van der Waals surface area contributed by atoms with Crippen molar-refractivity contribution < 1.29 is 0 Å². The molecular formula is C20H20ClN3S. The number of hydrogen-bond acceptors (Lipinski definition) is 3. The predicted molar refractivity (Wildman–Crippen MR) is 103 cm³/mol. The van der Waals surface area contributed by atoms with Crippen LogP contribution >= 0.6 is 23.4 Å². The minimum absolute atomic E-state index is 0.496. The lowest BCUT2D eigenvalue weighted by atomic mass is 10.1. The lowest BCUT2D eigenvalue weighted by Crippen LogP contribution is -2.03. The molecule has 5 heteroatoms. The van der Waals surface area contributed by atoms with Crippen molar-refractivity contribution in [2.45, 2.75) is 42.6 Å². The first kappa shape index (κ1) is 16.7. The van der Waals surface area contributed by atoms with Gasteiger partial charge in [-0.05, 0) is 42.5 Å². The molecule has 2 unspecified atom stereocenters. The molecule has 4 rings (SSSR count). The molecule has 1 aliphatic carbocycles. The summed E-state index contributed by atoms with van der Waals surface area (Å²) < 4.78 is 2.27. The summed E-state index contributed by atoms with van der Waals surface area (Å²) in [6.07, 6.45) is 1.17. The number of nitrogens with zero attached hydrogens (tertiary/aromatic N) is 3. The van der Waals surface area contributed by atoms with E-state index in [0.717, 1.165) is 28.3 Å². The van der Waals surface area contributed by atoms with Crippen LogP contribution in [0, 0.1) is 0 Å². The van der Waals surface area contributed by atoms with Gasteiger partial charge in [0.2, 0.25) is 0 Å². The van der Waals surface area contributed by atoms with Gasteiger partial charge in [-0.2, -0.15) is 0 Å². The molecule has 0 bridgehead atoms. The van der Waals surface area contributed by atoms with Crippen LogP contribution in [0.25, 0.3) is 0 Å². The summed E-state index contributed by atoms with van der Waals surface area (Å²) in [7, 11) is 0. The van der Waals surface area contributed by atoms with Gasteiger partial charge in [0.1, 0.15) is 5.82 Å². The van der Waals surface area contributed by atoms with Crippen LogP contribution in [0.15, 0.2) is 59.8 Å². The molecule has 0 N–H and O–H groups in total. The molecule has 1 fully saturated rings. The van der Waals surface area contributed by atoms with E-state index in [1.165, 1.54) is 17.5 Å². The molecule has 1 aromatic heterocycles. The van der Waals surface area contributed by atoms with E-state index < -0.39 is 0 Å². The molecule has 3 aromatic rings. The largest absolute Gasteiger partial charge is 0.306 e. The highest BCUT2D eigenvalue weighted by Gasteiger charge is 2.43. The van der Waals surface area contributed by atoms with Crippen molar-refractivity contribution in [3.8, 4) is 0 Å². The van der Waals surface area contributed by atoms with Crippen LogP contribution in [0.1, 0.15) is 42.1 Å². The van der Waals surface area contributed by atoms with Gasteiger partial charge in [-0.25, -0.2) is 0 Å². The summed E-state index contributed by atoms with van der Waals surface area (Å²) in [5.41, 5.74) is 2.62. The van der Waals surface area contributed by atoms with E-state index in [1.54, 1.807) is 11.8 Å². The number of hydrogen-bond donors (Lipinski definition) is 0. The summed E-state index contributed by atoms with van der Waals surface area (Å²) in [6, 6.07) is 18.7. The maximum atomic E-state index is 6.07. The molecule has 0 saturated heterocycles. The topological polar surface area (TPSA) is 30.7 Å². The molecule has 3 nitrogen and oxygen atoms in total. The van der Waals surface area contributed by atoms with E-state index in [1.807, 2.05) is 18.2 Å². The van der Waals surface area contributed by atoms with Crippen LogP contribution in [0.3, 0.4) is 0 Å². The van der Waals surface area contributed by atoms with Gasteiger partial charge in [0.05, 0.1) is 0 Å². The van der Waals surface area contributed by atoms with Crippen LogP contribution in [0.5, 0.6) is 0 Å². The molecule has 2 atom stereocenters. The fraction of sp³-hybridized carbons (Fsp3) is 0.300. The zero-order valence-corrected chi connectivity index (χ0v) is 15.7. The van der Waals surface area contributed by atoms with Crippen LogP contribution in [-0.2, 0) is 12.3 Å². The lowest BCUT2D eigenvalue weighted by Gasteiger charge is -2.07. The van der Waals surface area contributed by atoms with E-state index in [9.17, 15) is 0 Å². The smallest absolute Gasteiger partial charge is 0.191 e. The number of halogens is 1. The third kappa shape index (κ3) is 3.60. The normalized spacial score (nSPS) is 19.1. The van der Waals surface area contributed by atoms with Gasteiger partial charge in [0, 0.05) is 23.2 Å². The minimum atomic E-state index is 0.496. The van der Waals surface area contributed by atoms with E-state index in [0.29, 0.717) is 11.8 Å². The van der Waals surface area contributed by atoms with Crippen molar-refractivity contribution >= 4 is 23.4 Å². The van der Waals surface area contributed by atoms with Crippen molar-refractivity contribution in [3.05, 3.63) is 76.6 Å². The number of rotatable bonds is 6. The Morgan fingerprint density at radius 1 is 1.08 bits per heavy atom. The van der Waals surface area contributed by atoms with Crippen LogP contribution in [0.2, 0.25) is 5.02 Å². The van der Waals surface area contributed by atoms with Gasteiger partial charge in [-0.15, -0.1) is 10.2 Å². The van der Waals surface area contributed by atoms with E-state index >= 15 is 0 Å². The number of thioether (sulfide) groups is 1. The Labute approximate surface area is 157 Å². The standard InChI is InChI=1S/C20H20ClN3S/c1-2-24-19(18-12-17(18)15-8-4-3-5-9-15)22-23-20(24)25-13-14-7-6-10-16(21)11-14/h3-11,17-18H,2,12-13H2,1H3. The van der Waals surface area contributed by atoms with Crippen molar-refractivity contribution in [2.24, 2.45) is 0 Å². The average molecular weight is 370 g/mol. The molecule has 0 radical (unpaired) electrons. The summed E-state index contributed by atoms with van der Waals surface area (Å²) in [5, 5.41) is 10.8. The highest BCUT2D eigenvalue weighted by Crippen LogP contribution is 2.54. The maximum Gasteiger partial charge on any atom is 0.191 e. The molecule has 1 heterocycles. The van der Waals surface area contributed by atoms with Gasteiger partial charge in [0.25, 0.3) is 0 Å². The fourth-order valence-corrected chi connectivity index (χ4v) is 4.47. The molecule has 128 valence electrons. The molecule has 25 heavy (non-hydrogen) atoms. The second-order valence-electron chi connectivity index (χ2n) is 6.36. The molecule has 2 aromatic carbocycles. The second-order valence-corrected chi connectivity index (χ2v) is 7.74. The monoisotopic (exact) mass is 369 g/mol. The summed E-state index contributed by atoms with van der Waals surface area (Å²) in [6.45, 7) is 3.06. The summed E-state index contributed by atoms with van der Waals surface area (Å²) in [5.74, 6) is 3.06. The first-order valence-corrected chi connectivity index (χ1v) is 9.98. The number of benzene rings is 2. The van der Waals surface area contributed by atoms with Gasteiger partial charge < -0.3 is 4.57 Å². The van der Waals surface area contributed by atoms with Crippen LogP contribution < -0.4 is 0 Å². The highest BCUT2D eigenvalue weighted by molar-refractivity contribution is 7.98. The van der Waals surface area contributed by atoms with Gasteiger partial charge in [-0.1, -0.05) is 65.8 Å². The third-order valence-electron chi connectivity index (χ3n) is 4.67. The van der Waals surface area contributed by atoms with Crippen LogP contribution in [0.4, 0.5) is 0 Å². The van der Waals surface area contributed by atoms with E-state index in [2.05, 4.69) is 58.1 Å². The molecule has 0 amide bonds. The van der Waals surface area contributed by atoms with Gasteiger partial charge in [-0.3, -0.25) is 0 Å². The summed E-state index contributed by atoms with van der Waals surface area (Å²) >= 11 is 7.80. The molecule has 0 spiro atoms. The Balaban J connectivity index is 1.48. The SMILES string of the molecule is CCn1c(SCc2cccc(Cl)c2)nnc1C1CC1c1ccccc1. The van der Waals surface area contributed by atoms with Crippen molar-refractivity contribution in [1.82, 2.24) is 14.8 Å². The first-order chi connectivity index (χ1) is 12.3. The minimum Gasteiger partial charge on any atom is -0.306 e. The fourth-order valence-electron chi connectivity index (χ4n) is 3.30. The van der Waals surface area contributed by atoms with Gasteiger partial charge in [0.15, 0.2) is 5.16 Å². The highest BCUT2D eigenvalue weighted by atomic mass is 35.5. The Bertz CT molecular complexity index is 862.